The quantitative estimate of drug-likeness (QED) is 0.771. The summed E-state index contributed by atoms with van der Waals surface area (Å²) in [7, 11) is 1.72. The van der Waals surface area contributed by atoms with Gasteiger partial charge >= 0.3 is 0 Å². The minimum absolute atomic E-state index is 0.754. The van der Waals surface area contributed by atoms with Gasteiger partial charge in [-0.05, 0) is 67.8 Å². The van der Waals surface area contributed by atoms with E-state index < -0.39 is 0 Å². The molecular formula is C19H31NO. The molecule has 1 saturated carbocycles. The molecular weight excluding hydrogens is 258 g/mol. The zero-order valence-electron chi connectivity index (χ0n) is 13.9. The van der Waals surface area contributed by atoms with Crippen LogP contribution in [0.5, 0.6) is 5.75 Å². The molecule has 0 heterocycles. The summed E-state index contributed by atoms with van der Waals surface area (Å²) >= 11 is 0. The first-order valence-electron chi connectivity index (χ1n) is 8.52. The maximum atomic E-state index is 5.22. The highest BCUT2D eigenvalue weighted by molar-refractivity contribution is 5.27. The number of methoxy groups -OCH3 is 1. The predicted molar refractivity (Wildman–Crippen MR) is 89.9 cm³/mol. The summed E-state index contributed by atoms with van der Waals surface area (Å²) in [6, 6.07) is 8.57. The monoisotopic (exact) mass is 289 g/mol. The van der Waals surface area contributed by atoms with Crippen molar-refractivity contribution in [1.82, 2.24) is 5.32 Å². The molecule has 0 amide bonds. The molecule has 2 rings (SSSR count). The fraction of sp³-hybridized carbons (Fsp3) is 0.684. The van der Waals surface area contributed by atoms with Crippen LogP contribution in [0.25, 0.3) is 0 Å². The lowest BCUT2D eigenvalue weighted by atomic mass is 9.90. The van der Waals surface area contributed by atoms with Crippen LogP contribution in [0.1, 0.15) is 45.1 Å². The molecule has 21 heavy (non-hydrogen) atoms. The second-order valence-corrected chi connectivity index (χ2v) is 6.89. The fourth-order valence-electron chi connectivity index (χ4n) is 3.46. The molecule has 1 N–H and O–H groups in total. The van der Waals surface area contributed by atoms with E-state index in [2.05, 4.69) is 43.4 Å². The number of hydrogen-bond donors (Lipinski definition) is 1. The van der Waals surface area contributed by atoms with Crippen LogP contribution in [0, 0.1) is 17.8 Å². The van der Waals surface area contributed by atoms with E-state index in [1.54, 1.807) is 7.11 Å². The van der Waals surface area contributed by atoms with Gasteiger partial charge < -0.3 is 10.1 Å². The van der Waals surface area contributed by atoms with Gasteiger partial charge in [-0.2, -0.15) is 0 Å². The van der Waals surface area contributed by atoms with Gasteiger partial charge in [0, 0.05) is 0 Å². The third kappa shape index (κ3) is 5.35. The van der Waals surface area contributed by atoms with Crippen LogP contribution in [0.15, 0.2) is 24.3 Å². The minimum atomic E-state index is 0.754. The van der Waals surface area contributed by atoms with Crippen LogP contribution < -0.4 is 10.1 Å². The number of nitrogens with one attached hydrogen (secondary N) is 1. The van der Waals surface area contributed by atoms with Crippen molar-refractivity contribution in [3.63, 3.8) is 0 Å². The molecule has 2 unspecified atom stereocenters. The highest BCUT2D eigenvalue weighted by atomic mass is 16.5. The summed E-state index contributed by atoms with van der Waals surface area (Å²) in [6.07, 6.45) is 6.79. The molecule has 118 valence electrons. The molecule has 0 aliphatic heterocycles. The van der Waals surface area contributed by atoms with E-state index in [0.29, 0.717) is 0 Å². The maximum Gasteiger partial charge on any atom is 0.118 e. The molecule has 0 bridgehead atoms. The van der Waals surface area contributed by atoms with Crippen LogP contribution in [0.4, 0.5) is 0 Å². The molecule has 2 atom stereocenters. The number of benzene rings is 1. The van der Waals surface area contributed by atoms with Gasteiger partial charge in [-0.15, -0.1) is 0 Å². The van der Waals surface area contributed by atoms with Crippen molar-refractivity contribution >= 4 is 0 Å². The van der Waals surface area contributed by atoms with Crippen LogP contribution in [-0.2, 0) is 6.42 Å². The van der Waals surface area contributed by atoms with Crippen molar-refractivity contribution in [3.8, 4) is 5.75 Å². The molecule has 0 saturated heterocycles. The Morgan fingerprint density at radius 2 is 1.86 bits per heavy atom. The Labute approximate surface area is 130 Å². The van der Waals surface area contributed by atoms with Gasteiger partial charge in [0.2, 0.25) is 0 Å². The van der Waals surface area contributed by atoms with E-state index in [4.69, 9.17) is 4.74 Å². The van der Waals surface area contributed by atoms with Crippen molar-refractivity contribution in [1.29, 1.82) is 0 Å². The van der Waals surface area contributed by atoms with Crippen molar-refractivity contribution in [2.24, 2.45) is 17.8 Å². The molecule has 1 aliphatic carbocycles. The molecule has 1 aromatic carbocycles. The van der Waals surface area contributed by atoms with E-state index in [1.807, 2.05) is 0 Å². The third-order valence-electron chi connectivity index (χ3n) is 4.74. The summed E-state index contributed by atoms with van der Waals surface area (Å²) < 4.78 is 5.22. The van der Waals surface area contributed by atoms with Gasteiger partial charge in [0.05, 0.1) is 7.11 Å². The molecule has 1 aliphatic rings. The van der Waals surface area contributed by atoms with Crippen LogP contribution >= 0.6 is 0 Å². The van der Waals surface area contributed by atoms with Crippen molar-refractivity contribution < 1.29 is 4.74 Å². The molecule has 0 spiro atoms. The van der Waals surface area contributed by atoms with Gasteiger partial charge in [0.25, 0.3) is 0 Å². The minimum Gasteiger partial charge on any atom is -0.497 e. The number of rotatable bonds is 8. The zero-order valence-corrected chi connectivity index (χ0v) is 13.9. The molecule has 2 nitrogen and oxygen atoms in total. The Morgan fingerprint density at radius 3 is 2.52 bits per heavy atom. The van der Waals surface area contributed by atoms with E-state index in [1.165, 1.54) is 44.2 Å². The topological polar surface area (TPSA) is 21.3 Å². The van der Waals surface area contributed by atoms with Gasteiger partial charge in [-0.25, -0.2) is 0 Å². The number of ether oxygens (including phenoxy) is 1. The first-order chi connectivity index (χ1) is 10.2. The van der Waals surface area contributed by atoms with Crippen molar-refractivity contribution in [2.75, 3.05) is 20.2 Å². The smallest absolute Gasteiger partial charge is 0.118 e. The Morgan fingerprint density at radius 1 is 1.14 bits per heavy atom. The fourth-order valence-corrected chi connectivity index (χ4v) is 3.46. The lowest BCUT2D eigenvalue weighted by molar-refractivity contribution is 0.341. The SMILES string of the molecule is COc1ccc(CCC2CCCC2CNCC(C)C)cc1. The van der Waals surface area contributed by atoms with Crippen molar-refractivity contribution in [2.45, 2.75) is 46.0 Å². The van der Waals surface area contributed by atoms with Crippen LogP contribution in [-0.4, -0.2) is 20.2 Å². The second kappa shape index (κ2) is 8.43. The maximum absolute atomic E-state index is 5.22. The first-order valence-corrected chi connectivity index (χ1v) is 8.52. The summed E-state index contributed by atoms with van der Waals surface area (Å²) in [5, 5.41) is 3.65. The molecule has 2 heteroatoms. The predicted octanol–water partition coefficient (Wildman–Crippen LogP) is 4.29. The van der Waals surface area contributed by atoms with E-state index in [0.717, 1.165) is 30.0 Å². The summed E-state index contributed by atoms with van der Waals surface area (Å²) in [6.45, 7) is 6.93. The first kappa shape index (κ1) is 16.4. The van der Waals surface area contributed by atoms with Gasteiger partial charge in [0.1, 0.15) is 5.75 Å². The standard InChI is InChI=1S/C19H31NO/c1-15(2)13-20-14-18-6-4-5-17(18)10-7-16-8-11-19(21-3)12-9-16/h8-9,11-12,15,17-18,20H,4-7,10,13-14H2,1-3H3. The zero-order chi connectivity index (χ0) is 15.1. The van der Waals surface area contributed by atoms with Gasteiger partial charge in [0.15, 0.2) is 0 Å². The van der Waals surface area contributed by atoms with Gasteiger partial charge in [-0.3, -0.25) is 0 Å². The van der Waals surface area contributed by atoms with E-state index >= 15 is 0 Å². The molecule has 0 radical (unpaired) electrons. The van der Waals surface area contributed by atoms with E-state index in [9.17, 15) is 0 Å². The normalized spacial score (nSPS) is 21.9. The lowest BCUT2D eigenvalue weighted by Crippen LogP contribution is -2.28. The van der Waals surface area contributed by atoms with Crippen molar-refractivity contribution in [3.05, 3.63) is 29.8 Å². The summed E-state index contributed by atoms with van der Waals surface area (Å²) in [5.74, 6) is 3.51. The molecule has 1 aromatic rings. The van der Waals surface area contributed by atoms with Crippen LogP contribution in [0.3, 0.4) is 0 Å². The number of aryl methyl sites for hydroxylation is 1. The summed E-state index contributed by atoms with van der Waals surface area (Å²) in [4.78, 5) is 0. The third-order valence-corrected chi connectivity index (χ3v) is 4.74. The average Bonchev–Trinajstić information content (AvgIpc) is 2.93. The Hall–Kier alpha value is -1.02. The lowest BCUT2D eigenvalue weighted by Gasteiger charge is -2.21. The molecule has 0 aromatic heterocycles. The summed E-state index contributed by atoms with van der Waals surface area (Å²) in [5.41, 5.74) is 1.44. The van der Waals surface area contributed by atoms with Gasteiger partial charge in [-0.1, -0.05) is 38.8 Å². The second-order valence-electron chi connectivity index (χ2n) is 6.89. The highest BCUT2D eigenvalue weighted by Gasteiger charge is 2.26. The Bertz CT molecular complexity index is 399. The highest BCUT2D eigenvalue weighted by Crippen LogP contribution is 2.34. The molecule has 1 fully saturated rings. The Kier molecular flexibility index (Phi) is 6.56. The van der Waals surface area contributed by atoms with Crippen LogP contribution in [0.2, 0.25) is 0 Å². The Balaban J connectivity index is 1.75. The average molecular weight is 289 g/mol. The number of hydrogen-bond acceptors (Lipinski definition) is 2. The van der Waals surface area contributed by atoms with E-state index in [-0.39, 0.29) is 0 Å². The largest absolute Gasteiger partial charge is 0.497 e.